The molecule has 0 aliphatic carbocycles. The van der Waals surface area contributed by atoms with Crippen LogP contribution in [0, 0.1) is 11.6 Å². The highest BCUT2D eigenvalue weighted by atomic mass is 19.1. The van der Waals surface area contributed by atoms with Crippen LogP contribution >= 0.6 is 0 Å². The van der Waals surface area contributed by atoms with E-state index in [-0.39, 0.29) is 11.9 Å². The van der Waals surface area contributed by atoms with Gasteiger partial charge in [-0.25, -0.2) is 8.78 Å². The Labute approximate surface area is 106 Å². The van der Waals surface area contributed by atoms with Crippen LogP contribution in [0.1, 0.15) is 25.7 Å². The van der Waals surface area contributed by atoms with Crippen molar-refractivity contribution in [3.8, 4) is 0 Å². The molecule has 1 N–H and O–H groups in total. The van der Waals surface area contributed by atoms with Gasteiger partial charge in [0.1, 0.15) is 11.6 Å². The maximum atomic E-state index is 13.6. The summed E-state index contributed by atoms with van der Waals surface area (Å²) in [4.78, 5) is 2.51. The number of fused-ring (bicyclic) bond motifs is 1. The number of hydrogen-bond donors (Lipinski definition) is 1. The molecule has 2 unspecified atom stereocenters. The Balaban J connectivity index is 1.67. The Morgan fingerprint density at radius 1 is 1.17 bits per heavy atom. The molecule has 2 atom stereocenters. The second-order valence-electron chi connectivity index (χ2n) is 5.32. The highest BCUT2D eigenvalue weighted by Gasteiger charge is 2.31. The van der Waals surface area contributed by atoms with Crippen molar-refractivity contribution in [2.75, 3.05) is 18.4 Å². The molecule has 2 fully saturated rings. The molecule has 2 nitrogen and oxygen atoms in total. The normalized spacial score (nSPS) is 28.1. The van der Waals surface area contributed by atoms with E-state index in [1.54, 1.807) is 0 Å². The van der Waals surface area contributed by atoms with Gasteiger partial charge in [0.05, 0.1) is 5.69 Å². The topological polar surface area (TPSA) is 15.3 Å². The van der Waals surface area contributed by atoms with Gasteiger partial charge in [0, 0.05) is 18.6 Å². The Kier molecular flexibility index (Phi) is 3.20. The molecule has 2 heterocycles. The highest BCUT2D eigenvalue weighted by molar-refractivity contribution is 5.45. The predicted molar refractivity (Wildman–Crippen MR) is 67.6 cm³/mol. The third kappa shape index (κ3) is 2.34. The standard InChI is InChI=1S/C14H18F2N2/c15-10-3-4-13(16)14(8-10)17-11-5-7-18-6-1-2-12(18)9-11/h3-4,8,11-12,17H,1-2,5-7,9H2. The quantitative estimate of drug-likeness (QED) is 0.870. The molecule has 1 aromatic rings. The second kappa shape index (κ2) is 4.84. The van der Waals surface area contributed by atoms with Gasteiger partial charge in [-0.3, -0.25) is 0 Å². The highest BCUT2D eigenvalue weighted by Crippen LogP contribution is 2.29. The molecular weight excluding hydrogens is 234 g/mol. The summed E-state index contributed by atoms with van der Waals surface area (Å²) in [6.07, 6.45) is 4.55. The van der Waals surface area contributed by atoms with E-state index in [4.69, 9.17) is 0 Å². The first-order valence-corrected chi connectivity index (χ1v) is 6.68. The molecule has 4 heteroatoms. The monoisotopic (exact) mass is 252 g/mol. The van der Waals surface area contributed by atoms with Gasteiger partial charge < -0.3 is 10.2 Å². The van der Waals surface area contributed by atoms with Crippen LogP contribution in [-0.4, -0.2) is 30.1 Å². The zero-order valence-corrected chi connectivity index (χ0v) is 10.3. The van der Waals surface area contributed by atoms with E-state index in [1.807, 2.05) is 0 Å². The lowest BCUT2D eigenvalue weighted by atomic mass is 9.97. The van der Waals surface area contributed by atoms with Crippen molar-refractivity contribution in [2.24, 2.45) is 0 Å². The minimum absolute atomic E-state index is 0.264. The van der Waals surface area contributed by atoms with Gasteiger partial charge in [-0.1, -0.05) is 0 Å². The van der Waals surface area contributed by atoms with Crippen molar-refractivity contribution in [3.05, 3.63) is 29.8 Å². The minimum Gasteiger partial charge on any atom is -0.380 e. The summed E-state index contributed by atoms with van der Waals surface area (Å²) in [5, 5.41) is 3.16. The van der Waals surface area contributed by atoms with Gasteiger partial charge >= 0.3 is 0 Å². The average molecular weight is 252 g/mol. The smallest absolute Gasteiger partial charge is 0.146 e. The van der Waals surface area contributed by atoms with Gasteiger partial charge in [0.15, 0.2) is 0 Å². The lowest BCUT2D eigenvalue weighted by Gasteiger charge is -2.35. The Morgan fingerprint density at radius 2 is 2.06 bits per heavy atom. The first-order chi connectivity index (χ1) is 8.72. The van der Waals surface area contributed by atoms with Crippen LogP contribution in [0.3, 0.4) is 0 Å². The fourth-order valence-corrected chi connectivity index (χ4v) is 3.18. The lowest BCUT2D eigenvalue weighted by Crippen LogP contribution is -2.42. The number of anilines is 1. The molecule has 3 rings (SSSR count). The summed E-state index contributed by atoms with van der Waals surface area (Å²) in [5.41, 5.74) is 0.298. The molecule has 0 saturated carbocycles. The molecule has 2 aliphatic heterocycles. The SMILES string of the molecule is Fc1ccc(F)c(NC2CCN3CCCC3C2)c1. The van der Waals surface area contributed by atoms with Gasteiger partial charge in [-0.05, 0) is 50.4 Å². The van der Waals surface area contributed by atoms with E-state index in [0.717, 1.165) is 25.5 Å². The molecule has 0 amide bonds. The van der Waals surface area contributed by atoms with Crippen molar-refractivity contribution < 1.29 is 8.78 Å². The summed E-state index contributed by atoms with van der Waals surface area (Å²) in [7, 11) is 0. The second-order valence-corrected chi connectivity index (χ2v) is 5.32. The van der Waals surface area contributed by atoms with Crippen LogP contribution in [0.5, 0.6) is 0 Å². The van der Waals surface area contributed by atoms with Crippen molar-refractivity contribution in [1.29, 1.82) is 0 Å². The Morgan fingerprint density at radius 3 is 2.94 bits per heavy atom. The van der Waals surface area contributed by atoms with E-state index >= 15 is 0 Å². The molecule has 2 aliphatic rings. The minimum atomic E-state index is -0.391. The summed E-state index contributed by atoms with van der Waals surface area (Å²) in [6.45, 7) is 2.27. The molecule has 1 aromatic carbocycles. The molecular formula is C14H18F2N2. The van der Waals surface area contributed by atoms with Crippen molar-refractivity contribution >= 4 is 5.69 Å². The van der Waals surface area contributed by atoms with Crippen molar-refractivity contribution in [1.82, 2.24) is 4.90 Å². The van der Waals surface area contributed by atoms with Gasteiger partial charge in [0.2, 0.25) is 0 Å². The lowest BCUT2D eigenvalue weighted by molar-refractivity contribution is 0.188. The molecule has 0 radical (unpaired) electrons. The number of hydrogen-bond acceptors (Lipinski definition) is 2. The molecule has 2 saturated heterocycles. The van der Waals surface area contributed by atoms with Crippen LogP contribution in [-0.2, 0) is 0 Å². The van der Waals surface area contributed by atoms with Crippen LogP contribution in [0.2, 0.25) is 0 Å². The largest absolute Gasteiger partial charge is 0.380 e. The van der Waals surface area contributed by atoms with E-state index in [2.05, 4.69) is 10.2 Å². The molecule has 98 valence electrons. The van der Waals surface area contributed by atoms with Crippen LogP contribution in [0.15, 0.2) is 18.2 Å². The van der Waals surface area contributed by atoms with Gasteiger partial charge in [-0.2, -0.15) is 0 Å². The molecule has 18 heavy (non-hydrogen) atoms. The average Bonchev–Trinajstić information content (AvgIpc) is 2.81. The number of benzene rings is 1. The zero-order valence-electron chi connectivity index (χ0n) is 10.3. The zero-order chi connectivity index (χ0) is 12.5. The number of halogens is 2. The third-order valence-corrected chi connectivity index (χ3v) is 4.11. The Hall–Kier alpha value is -1.16. The molecule has 0 bridgehead atoms. The first kappa shape index (κ1) is 11.9. The summed E-state index contributed by atoms with van der Waals surface area (Å²) >= 11 is 0. The predicted octanol–water partition coefficient (Wildman–Crippen LogP) is 3.00. The molecule has 0 spiro atoms. The van der Waals surface area contributed by atoms with Crippen LogP contribution in [0.25, 0.3) is 0 Å². The number of nitrogens with one attached hydrogen (secondary N) is 1. The van der Waals surface area contributed by atoms with Crippen molar-refractivity contribution in [2.45, 2.75) is 37.8 Å². The van der Waals surface area contributed by atoms with Gasteiger partial charge in [-0.15, -0.1) is 0 Å². The molecule has 0 aromatic heterocycles. The fourth-order valence-electron chi connectivity index (χ4n) is 3.18. The summed E-state index contributed by atoms with van der Waals surface area (Å²) < 4.78 is 26.7. The van der Waals surface area contributed by atoms with Gasteiger partial charge in [0.25, 0.3) is 0 Å². The van der Waals surface area contributed by atoms with Crippen LogP contribution < -0.4 is 5.32 Å². The number of rotatable bonds is 2. The van der Waals surface area contributed by atoms with Crippen LogP contribution in [0.4, 0.5) is 14.5 Å². The van der Waals surface area contributed by atoms with E-state index in [0.29, 0.717) is 11.7 Å². The summed E-state index contributed by atoms with van der Waals surface area (Å²) in [6, 6.07) is 4.48. The maximum Gasteiger partial charge on any atom is 0.146 e. The van der Waals surface area contributed by atoms with E-state index in [1.165, 1.54) is 31.5 Å². The maximum absolute atomic E-state index is 13.6. The van der Waals surface area contributed by atoms with Crippen molar-refractivity contribution in [3.63, 3.8) is 0 Å². The number of piperidine rings is 1. The first-order valence-electron chi connectivity index (χ1n) is 6.68. The summed E-state index contributed by atoms with van der Waals surface area (Å²) in [5.74, 6) is -0.762. The van der Waals surface area contributed by atoms with E-state index in [9.17, 15) is 8.78 Å². The number of nitrogens with zero attached hydrogens (tertiary/aromatic N) is 1. The Bertz CT molecular complexity index is 436. The van der Waals surface area contributed by atoms with E-state index < -0.39 is 5.82 Å². The third-order valence-electron chi connectivity index (χ3n) is 4.11. The fraction of sp³-hybridized carbons (Fsp3) is 0.571.